The third kappa shape index (κ3) is 11.7. The second kappa shape index (κ2) is 15.7. The molecular formula is C26H51NO6. The van der Waals surface area contributed by atoms with Gasteiger partial charge in [0.05, 0.1) is 45.2 Å². The maximum Gasteiger partial charge on any atom is 0.307 e. The molecule has 0 aliphatic carbocycles. The quantitative estimate of drug-likeness (QED) is 0.184. The van der Waals surface area contributed by atoms with E-state index in [-0.39, 0.29) is 17.3 Å². The molecule has 0 spiro atoms. The summed E-state index contributed by atoms with van der Waals surface area (Å²) in [6.45, 7) is 5.29. The molecule has 0 aliphatic rings. The van der Waals surface area contributed by atoms with Gasteiger partial charge in [-0.1, -0.05) is 71.1 Å². The Kier molecular flexibility index (Phi) is 15.1. The molecule has 0 aromatic carbocycles. The summed E-state index contributed by atoms with van der Waals surface area (Å²) in [5.41, 5.74) is -1.34. The van der Waals surface area contributed by atoms with Gasteiger partial charge in [0.25, 0.3) is 0 Å². The summed E-state index contributed by atoms with van der Waals surface area (Å²) in [7, 11) is 5.08. The Morgan fingerprint density at radius 2 is 1.21 bits per heavy atom. The zero-order valence-electron chi connectivity index (χ0n) is 22.0. The van der Waals surface area contributed by atoms with Crippen LogP contribution < -0.4 is 5.11 Å². The van der Waals surface area contributed by atoms with Crippen LogP contribution in [0.1, 0.15) is 104 Å². The number of hydrogen-bond acceptors (Lipinski definition) is 5. The SMILES string of the molecule is CCCCCCCCCCCCC(C(=O)O)C(CC(C)O)(CC(C)O)C(C(=O)[O-])[N+](C)(C)C. The Morgan fingerprint density at radius 3 is 1.52 bits per heavy atom. The summed E-state index contributed by atoms with van der Waals surface area (Å²) >= 11 is 0. The van der Waals surface area contributed by atoms with Crippen LogP contribution in [0, 0.1) is 11.3 Å². The smallest absolute Gasteiger partial charge is 0.307 e. The summed E-state index contributed by atoms with van der Waals surface area (Å²) in [4.78, 5) is 24.8. The van der Waals surface area contributed by atoms with Crippen LogP contribution in [0.5, 0.6) is 0 Å². The molecule has 0 amide bonds. The molecule has 0 aromatic heterocycles. The van der Waals surface area contributed by atoms with Crippen molar-refractivity contribution in [3.63, 3.8) is 0 Å². The average Bonchev–Trinajstić information content (AvgIpc) is 2.62. The van der Waals surface area contributed by atoms with E-state index in [9.17, 15) is 30.0 Å². The first-order chi connectivity index (χ1) is 15.3. The normalized spacial score (nSPS) is 17.7. The number of aliphatic hydroxyl groups excluding tert-OH is 2. The van der Waals surface area contributed by atoms with Crippen molar-refractivity contribution in [2.75, 3.05) is 21.1 Å². The molecular weight excluding hydrogens is 422 g/mol. The number of likely N-dealkylation sites (N-methyl/N-ethyl adjacent to an activating group) is 1. The van der Waals surface area contributed by atoms with Crippen LogP contribution in [0.4, 0.5) is 0 Å². The lowest BCUT2D eigenvalue weighted by molar-refractivity contribution is -0.898. The van der Waals surface area contributed by atoms with Crippen LogP contribution in [-0.2, 0) is 9.59 Å². The highest BCUT2D eigenvalue weighted by molar-refractivity contribution is 5.76. The Balaban J connectivity index is 5.49. The van der Waals surface area contributed by atoms with Crippen LogP contribution >= 0.6 is 0 Å². The van der Waals surface area contributed by atoms with E-state index in [1.165, 1.54) is 52.4 Å². The fourth-order valence-electron chi connectivity index (χ4n) is 5.70. The molecule has 0 fully saturated rings. The molecule has 4 atom stereocenters. The highest BCUT2D eigenvalue weighted by Gasteiger charge is 2.55. The number of nitrogens with zero attached hydrogens (tertiary/aromatic N) is 1. The minimum atomic E-state index is -1.35. The molecule has 3 N–H and O–H groups in total. The number of carboxylic acid groups (broad SMARTS) is 2. The van der Waals surface area contributed by atoms with Gasteiger partial charge in [-0.3, -0.25) is 4.79 Å². The number of carbonyl (C=O) groups excluding carboxylic acids is 1. The molecule has 0 radical (unpaired) electrons. The van der Waals surface area contributed by atoms with Crippen LogP contribution in [0.2, 0.25) is 0 Å². The maximum atomic E-state index is 12.5. The largest absolute Gasteiger partial charge is 0.544 e. The van der Waals surface area contributed by atoms with Gasteiger partial charge in [-0.15, -0.1) is 0 Å². The summed E-state index contributed by atoms with van der Waals surface area (Å²) < 4.78 is -0.0520. The average molecular weight is 474 g/mol. The van der Waals surface area contributed by atoms with Gasteiger partial charge in [0.1, 0.15) is 6.04 Å². The molecule has 0 rings (SSSR count). The van der Waals surface area contributed by atoms with Gasteiger partial charge in [-0.25, -0.2) is 0 Å². The lowest BCUT2D eigenvalue weighted by Gasteiger charge is -2.51. The molecule has 0 saturated heterocycles. The fourth-order valence-corrected chi connectivity index (χ4v) is 5.70. The van der Waals surface area contributed by atoms with E-state index in [0.29, 0.717) is 12.8 Å². The summed E-state index contributed by atoms with van der Waals surface area (Å²) in [5.74, 6) is -3.43. The molecule has 0 aliphatic heterocycles. The van der Waals surface area contributed by atoms with E-state index in [1.807, 2.05) is 0 Å². The number of rotatable bonds is 20. The van der Waals surface area contributed by atoms with E-state index >= 15 is 0 Å². The summed E-state index contributed by atoms with van der Waals surface area (Å²) in [5, 5.41) is 43.1. The lowest BCUT2D eigenvalue weighted by atomic mass is 9.61. The number of carboxylic acids is 2. The predicted molar refractivity (Wildman–Crippen MR) is 129 cm³/mol. The Hall–Kier alpha value is -1.18. The van der Waals surface area contributed by atoms with Crippen molar-refractivity contribution >= 4 is 11.9 Å². The van der Waals surface area contributed by atoms with Crippen molar-refractivity contribution in [3.05, 3.63) is 0 Å². The van der Waals surface area contributed by atoms with Gasteiger partial charge in [0.2, 0.25) is 0 Å². The first-order valence-corrected chi connectivity index (χ1v) is 12.9. The van der Waals surface area contributed by atoms with E-state index in [2.05, 4.69) is 6.92 Å². The van der Waals surface area contributed by atoms with Gasteiger partial charge < -0.3 is 29.7 Å². The third-order valence-electron chi connectivity index (χ3n) is 6.73. The number of aliphatic hydroxyl groups is 2. The predicted octanol–water partition coefficient (Wildman–Crippen LogP) is 3.35. The highest BCUT2D eigenvalue weighted by atomic mass is 16.4. The fraction of sp³-hybridized carbons (Fsp3) is 0.923. The molecule has 0 heterocycles. The molecule has 0 bridgehead atoms. The molecule has 4 unspecified atom stereocenters. The second-order valence-electron chi connectivity index (χ2n) is 11.0. The number of carbonyl (C=O) groups is 2. The standard InChI is InChI=1S/C26H51NO6/c1-7-8-9-10-11-12-13-14-15-16-17-22(24(30)31)26(18-20(2)28,19-21(3)29)23(25(32)33)27(4,5)6/h20-23,28-29H,7-19H2,1-6H3,(H-,30,31,32,33). The molecule has 196 valence electrons. The Morgan fingerprint density at radius 1 is 0.818 bits per heavy atom. The molecule has 0 saturated carbocycles. The van der Waals surface area contributed by atoms with Crippen LogP contribution in [0.3, 0.4) is 0 Å². The molecule has 0 aromatic rings. The Bertz CT molecular complexity index is 545. The van der Waals surface area contributed by atoms with Crippen molar-refractivity contribution < 1.29 is 34.5 Å². The summed E-state index contributed by atoms with van der Waals surface area (Å²) in [6.07, 6.45) is 9.66. The van der Waals surface area contributed by atoms with E-state index in [4.69, 9.17) is 0 Å². The minimum absolute atomic E-state index is 0.0270. The molecule has 7 nitrogen and oxygen atoms in total. The van der Waals surface area contributed by atoms with Crippen molar-refractivity contribution in [1.82, 2.24) is 0 Å². The van der Waals surface area contributed by atoms with Gasteiger partial charge in [-0.2, -0.15) is 0 Å². The number of hydrogen-bond donors (Lipinski definition) is 3. The van der Waals surface area contributed by atoms with Crippen LogP contribution in [-0.4, -0.2) is 71.1 Å². The number of unbranched alkanes of at least 4 members (excludes halogenated alkanes) is 9. The maximum absolute atomic E-state index is 12.5. The van der Waals surface area contributed by atoms with Crippen molar-refractivity contribution in [2.45, 2.75) is 122 Å². The first kappa shape index (κ1) is 31.8. The van der Waals surface area contributed by atoms with Crippen molar-refractivity contribution in [1.29, 1.82) is 0 Å². The topological polar surface area (TPSA) is 118 Å². The van der Waals surface area contributed by atoms with E-state index < -0.39 is 41.5 Å². The van der Waals surface area contributed by atoms with Gasteiger partial charge >= 0.3 is 5.97 Å². The molecule has 33 heavy (non-hydrogen) atoms. The van der Waals surface area contributed by atoms with Crippen LogP contribution in [0.15, 0.2) is 0 Å². The minimum Gasteiger partial charge on any atom is -0.544 e. The molecule has 7 heteroatoms. The van der Waals surface area contributed by atoms with Crippen LogP contribution in [0.25, 0.3) is 0 Å². The highest BCUT2D eigenvalue weighted by Crippen LogP contribution is 2.47. The van der Waals surface area contributed by atoms with E-state index in [1.54, 1.807) is 21.1 Å². The summed E-state index contributed by atoms with van der Waals surface area (Å²) in [6, 6.07) is -1.19. The second-order valence-corrected chi connectivity index (χ2v) is 11.0. The number of aliphatic carboxylic acids is 2. The first-order valence-electron chi connectivity index (χ1n) is 12.9. The van der Waals surface area contributed by atoms with Gasteiger partial charge in [0, 0.05) is 5.41 Å². The van der Waals surface area contributed by atoms with Gasteiger partial charge in [0.15, 0.2) is 0 Å². The number of quaternary nitrogens is 1. The van der Waals surface area contributed by atoms with Crippen molar-refractivity contribution in [3.8, 4) is 0 Å². The van der Waals surface area contributed by atoms with Crippen molar-refractivity contribution in [2.24, 2.45) is 11.3 Å². The third-order valence-corrected chi connectivity index (χ3v) is 6.73. The van der Waals surface area contributed by atoms with E-state index in [0.717, 1.165) is 19.3 Å². The zero-order chi connectivity index (χ0) is 25.7. The lowest BCUT2D eigenvalue weighted by Crippen LogP contribution is -2.66. The van der Waals surface area contributed by atoms with Gasteiger partial charge in [-0.05, 0) is 33.1 Å². The zero-order valence-corrected chi connectivity index (χ0v) is 22.0. The Labute approximate surface area is 201 Å². The monoisotopic (exact) mass is 473 g/mol.